The Kier molecular flexibility index (Phi) is 5.58. The molecule has 1 atom stereocenters. The minimum absolute atomic E-state index is 0.000154. The number of morpholine rings is 1. The fraction of sp³-hybridized carbons (Fsp3) is 0.867. The van der Waals surface area contributed by atoms with Crippen LogP contribution in [0.5, 0.6) is 0 Å². The first-order valence-corrected chi connectivity index (χ1v) is 7.82. The normalized spacial score (nSPS) is 26.2. The average Bonchev–Trinajstić information content (AvgIpc) is 2.46. The summed E-state index contributed by atoms with van der Waals surface area (Å²) in [6.07, 6.45) is 4.17. The molecule has 2 fully saturated rings. The maximum atomic E-state index is 12.1. The molecule has 2 N–H and O–H groups in total. The molecule has 1 unspecified atom stereocenters. The SMILES string of the molecule is CN1CCOC(CNC(=O)CC2(C(=O)O)CCCCC2)C1. The maximum absolute atomic E-state index is 12.1. The third-order valence-electron chi connectivity index (χ3n) is 4.63. The van der Waals surface area contributed by atoms with Crippen molar-refractivity contribution < 1.29 is 19.4 Å². The second kappa shape index (κ2) is 7.22. The first kappa shape index (κ1) is 16.2. The Bertz CT molecular complexity index is 380. The number of carbonyl (C=O) groups excluding carboxylic acids is 1. The van der Waals surface area contributed by atoms with Crippen LogP contribution in [0.4, 0.5) is 0 Å². The van der Waals surface area contributed by atoms with Crippen molar-refractivity contribution in [2.75, 3.05) is 33.3 Å². The average molecular weight is 298 g/mol. The van der Waals surface area contributed by atoms with Crippen molar-refractivity contribution in [2.24, 2.45) is 5.41 Å². The highest BCUT2D eigenvalue weighted by Gasteiger charge is 2.41. The fourth-order valence-corrected chi connectivity index (χ4v) is 3.28. The molecular formula is C15H26N2O4. The number of carboxylic acids is 1. The fourth-order valence-electron chi connectivity index (χ4n) is 3.28. The van der Waals surface area contributed by atoms with Gasteiger partial charge in [-0.25, -0.2) is 0 Å². The molecule has 6 heteroatoms. The van der Waals surface area contributed by atoms with Crippen LogP contribution in [0, 0.1) is 5.41 Å². The minimum atomic E-state index is -0.855. The van der Waals surface area contributed by atoms with E-state index in [0.717, 1.165) is 32.4 Å². The quantitative estimate of drug-likeness (QED) is 0.787. The molecule has 1 amide bonds. The van der Waals surface area contributed by atoms with Gasteiger partial charge in [-0.3, -0.25) is 9.59 Å². The topological polar surface area (TPSA) is 78.9 Å². The van der Waals surface area contributed by atoms with E-state index in [1.807, 2.05) is 7.05 Å². The monoisotopic (exact) mass is 298 g/mol. The van der Waals surface area contributed by atoms with Gasteiger partial charge in [0.05, 0.1) is 18.1 Å². The molecule has 0 bridgehead atoms. The second-order valence-corrected chi connectivity index (χ2v) is 6.38. The minimum Gasteiger partial charge on any atom is -0.481 e. The summed E-state index contributed by atoms with van der Waals surface area (Å²) in [5.74, 6) is -0.998. The number of hydrogen-bond acceptors (Lipinski definition) is 4. The number of likely N-dealkylation sites (N-methyl/N-ethyl adjacent to an activating group) is 1. The Morgan fingerprint density at radius 2 is 2.05 bits per heavy atom. The van der Waals surface area contributed by atoms with Crippen LogP contribution in [0.2, 0.25) is 0 Å². The molecule has 0 aromatic rings. The van der Waals surface area contributed by atoms with Crippen LogP contribution in [0.1, 0.15) is 38.5 Å². The summed E-state index contributed by atoms with van der Waals surface area (Å²) in [6, 6.07) is 0. The van der Waals surface area contributed by atoms with E-state index in [0.29, 0.717) is 26.0 Å². The van der Waals surface area contributed by atoms with Gasteiger partial charge in [0.2, 0.25) is 5.91 Å². The summed E-state index contributed by atoms with van der Waals surface area (Å²) in [5.41, 5.74) is -0.855. The largest absolute Gasteiger partial charge is 0.481 e. The third kappa shape index (κ3) is 4.41. The van der Waals surface area contributed by atoms with Gasteiger partial charge in [0.1, 0.15) is 0 Å². The Hall–Kier alpha value is -1.14. The number of carbonyl (C=O) groups is 2. The molecule has 1 heterocycles. The van der Waals surface area contributed by atoms with Crippen LogP contribution in [0.15, 0.2) is 0 Å². The molecule has 0 spiro atoms. The highest BCUT2D eigenvalue weighted by Crippen LogP contribution is 2.39. The first-order chi connectivity index (χ1) is 10.0. The number of nitrogens with one attached hydrogen (secondary N) is 1. The van der Waals surface area contributed by atoms with Crippen molar-refractivity contribution in [3.8, 4) is 0 Å². The van der Waals surface area contributed by atoms with Crippen LogP contribution in [-0.4, -0.2) is 61.3 Å². The van der Waals surface area contributed by atoms with Crippen molar-refractivity contribution >= 4 is 11.9 Å². The summed E-state index contributed by atoms with van der Waals surface area (Å²) >= 11 is 0. The van der Waals surface area contributed by atoms with E-state index in [4.69, 9.17) is 4.74 Å². The van der Waals surface area contributed by atoms with E-state index in [1.165, 1.54) is 0 Å². The predicted octanol–water partition coefficient (Wildman–Crippen LogP) is 0.858. The number of nitrogens with zero attached hydrogens (tertiary/aromatic N) is 1. The molecule has 2 rings (SSSR count). The number of aliphatic carboxylic acids is 1. The molecule has 1 aliphatic heterocycles. The summed E-state index contributed by atoms with van der Waals surface area (Å²) in [6.45, 7) is 2.84. The molecule has 6 nitrogen and oxygen atoms in total. The number of rotatable bonds is 5. The molecule has 1 saturated heterocycles. The lowest BCUT2D eigenvalue weighted by atomic mass is 9.71. The summed E-state index contributed by atoms with van der Waals surface area (Å²) in [5, 5.41) is 12.3. The zero-order valence-electron chi connectivity index (χ0n) is 12.8. The van der Waals surface area contributed by atoms with Gasteiger partial charge in [-0.1, -0.05) is 19.3 Å². The lowest BCUT2D eigenvalue weighted by Gasteiger charge is -2.33. The highest BCUT2D eigenvalue weighted by atomic mass is 16.5. The standard InChI is InChI=1S/C15H26N2O4/c1-17-7-8-21-12(11-17)10-16-13(18)9-15(14(19)20)5-3-2-4-6-15/h12H,2-11H2,1H3,(H,16,18)(H,19,20). The van der Waals surface area contributed by atoms with Crippen molar-refractivity contribution in [1.29, 1.82) is 0 Å². The molecule has 0 aromatic heterocycles. The molecule has 120 valence electrons. The molecule has 2 aliphatic rings. The molecular weight excluding hydrogens is 272 g/mol. The molecule has 1 saturated carbocycles. The van der Waals surface area contributed by atoms with E-state index in [2.05, 4.69) is 10.2 Å². The van der Waals surface area contributed by atoms with Crippen molar-refractivity contribution in [1.82, 2.24) is 10.2 Å². The third-order valence-corrected chi connectivity index (χ3v) is 4.63. The van der Waals surface area contributed by atoms with Crippen LogP contribution >= 0.6 is 0 Å². The van der Waals surface area contributed by atoms with Crippen LogP contribution in [0.3, 0.4) is 0 Å². The maximum Gasteiger partial charge on any atom is 0.310 e. The van der Waals surface area contributed by atoms with Crippen molar-refractivity contribution in [3.05, 3.63) is 0 Å². The van der Waals surface area contributed by atoms with Gasteiger partial charge in [-0.15, -0.1) is 0 Å². The summed E-state index contributed by atoms with van der Waals surface area (Å²) in [7, 11) is 2.03. The van der Waals surface area contributed by atoms with Crippen LogP contribution in [0.25, 0.3) is 0 Å². The van der Waals surface area contributed by atoms with Gasteiger partial charge in [-0.2, -0.15) is 0 Å². The second-order valence-electron chi connectivity index (χ2n) is 6.38. The zero-order valence-corrected chi connectivity index (χ0v) is 12.8. The summed E-state index contributed by atoms with van der Waals surface area (Å²) in [4.78, 5) is 25.8. The molecule has 0 aromatic carbocycles. The Morgan fingerprint density at radius 3 is 2.67 bits per heavy atom. The number of amides is 1. The Labute approximate surface area is 125 Å². The van der Waals surface area contributed by atoms with E-state index in [9.17, 15) is 14.7 Å². The lowest BCUT2D eigenvalue weighted by molar-refractivity contribution is -0.154. The van der Waals surface area contributed by atoms with E-state index in [-0.39, 0.29) is 18.4 Å². The lowest BCUT2D eigenvalue weighted by Crippen LogP contribution is -2.47. The van der Waals surface area contributed by atoms with Crippen molar-refractivity contribution in [3.63, 3.8) is 0 Å². The van der Waals surface area contributed by atoms with Gasteiger partial charge >= 0.3 is 5.97 Å². The summed E-state index contributed by atoms with van der Waals surface area (Å²) < 4.78 is 5.59. The van der Waals surface area contributed by atoms with Gasteiger partial charge in [0, 0.05) is 26.1 Å². The van der Waals surface area contributed by atoms with Crippen LogP contribution in [-0.2, 0) is 14.3 Å². The van der Waals surface area contributed by atoms with E-state index < -0.39 is 11.4 Å². The van der Waals surface area contributed by atoms with Gasteiger partial charge in [0.15, 0.2) is 0 Å². The smallest absolute Gasteiger partial charge is 0.310 e. The number of hydrogen-bond donors (Lipinski definition) is 2. The molecule has 1 aliphatic carbocycles. The molecule has 21 heavy (non-hydrogen) atoms. The highest BCUT2D eigenvalue weighted by molar-refractivity contribution is 5.85. The Morgan fingerprint density at radius 1 is 1.33 bits per heavy atom. The zero-order chi connectivity index (χ0) is 15.3. The van der Waals surface area contributed by atoms with Crippen LogP contribution < -0.4 is 5.32 Å². The Balaban J connectivity index is 1.81. The number of ether oxygens (including phenoxy) is 1. The van der Waals surface area contributed by atoms with Gasteiger partial charge < -0.3 is 20.1 Å². The van der Waals surface area contributed by atoms with E-state index >= 15 is 0 Å². The van der Waals surface area contributed by atoms with E-state index in [1.54, 1.807) is 0 Å². The van der Waals surface area contributed by atoms with Gasteiger partial charge in [-0.05, 0) is 19.9 Å². The predicted molar refractivity (Wildman–Crippen MR) is 78.0 cm³/mol. The number of carboxylic acid groups (broad SMARTS) is 1. The van der Waals surface area contributed by atoms with Gasteiger partial charge in [0.25, 0.3) is 0 Å². The van der Waals surface area contributed by atoms with Crippen molar-refractivity contribution in [2.45, 2.75) is 44.6 Å². The molecule has 0 radical (unpaired) electrons. The first-order valence-electron chi connectivity index (χ1n) is 7.82.